The van der Waals surface area contributed by atoms with Gasteiger partial charge in [0, 0.05) is 6.20 Å². The van der Waals surface area contributed by atoms with Gasteiger partial charge in [0.25, 0.3) is 0 Å². The van der Waals surface area contributed by atoms with Crippen molar-refractivity contribution in [1.29, 1.82) is 0 Å². The van der Waals surface area contributed by atoms with Crippen LogP contribution < -0.4 is 4.74 Å². The second kappa shape index (κ2) is 11.6. The monoisotopic (exact) mass is 514 g/mol. The van der Waals surface area contributed by atoms with Crippen LogP contribution in [0.2, 0.25) is 0 Å². The molecule has 0 spiro atoms. The van der Waals surface area contributed by atoms with Gasteiger partial charge in [-0.3, -0.25) is 0 Å². The van der Waals surface area contributed by atoms with Crippen molar-refractivity contribution in [2.75, 3.05) is 6.61 Å². The number of aliphatic carboxylic acids is 1. The maximum absolute atomic E-state index is 12.3. The number of carboxylic acid groups (broad SMARTS) is 1. The number of carboxylic acids is 1. The summed E-state index contributed by atoms with van der Waals surface area (Å²) in [5.74, 6) is 0.442. The van der Waals surface area contributed by atoms with E-state index in [4.69, 9.17) is 9.47 Å². The van der Waals surface area contributed by atoms with E-state index in [0.29, 0.717) is 25.0 Å². The molecule has 4 aromatic rings. The third-order valence-corrected chi connectivity index (χ3v) is 6.69. The highest BCUT2D eigenvalue weighted by Gasteiger charge is 2.46. The van der Waals surface area contributed by atoms with Crippen molar-refractivity contribution in [2.45, 2.75) is 43.6 Å². The van der Waals surface area contributed by atoms with Crippen LogP contribution in [0.5, 0.6) is 11.5 Å². The lowest BCUT2D eigenvalue weighted by Gasteiger charge is -2.37. The highest BCUT2D eigenvalue weighted by atomic mass is 16.5. The minimum atomic E-state index is -1.42. The van der Waals surface area contributed by atoms with E-state index in [2.05, 4.69) is 4.98 Å². The maximum atomic E-state index is 12.3. The molecular weight excluding hydrogens is 484 g/mol. The van der Waals surface area contributed by atoms with Crippen LogP contribution in [-0.4, -0.2) is 49.7 Å². The first-order chi connectivity index (χ1) is 18.5. The lowest BCUT2D eigenvalue weighted by Crippen LogP contribution is -2.49. The molecule has 1 aromatic heterocycles. The molecule has 8 nitrogen and oxygen atoms in total. The van der Waals surface area contributed by atoms with Crippen molar-refractivity contribution in [2.24, 2.45) is 0 Å². The number of aliphatic hydroxyl groups is 2. The minimum Gasteiger partial charge on any atom is -0.480 e. The van der Waals surface area contributed by atoms with Gasteiger partial charge < -0.3 is 29.4 Å². The van der Waals surface area contributed by atoms with Gasteiger partial charge in [0.1, 0.15) is 35.6 Å². The number of para-hydroxylation sites is 1. The van der Waals surface area contributed by atoms with Gasteiger partial charge in [0.2, 0.25) is 0 Å². The zero-order valence-corrected chi connectivity index (χ0v) is 20.8. The second-order valence-corrected chi connectivity index (χ2v) is 9.35. The highest BCUT2D eigenvalue weighted by Crippen LogP contribution is 2.35. The van der Waals surface area contributed by atoms with E-state index in [1.54, 1.807) is 6.20 Å². The molecule has 2 heterocycles. The molecule has 0 bridgehead atoms. The molecule has 0 radical (unpaired) electrons. The summed E-state index contributed by atoms with van der Waals surface area (Å²) in [5.41, 5.74) is 2.69. The number of aliphatic hydroxyl groups excluding tert-OH is 2. The Balaban J connectivity index is 1.28. The van der Waals surface area contributed by atoms with E-state index < -0.39 is 30.3 Å². The molecule has 38 heavy (non-hydrogen) atoms. The molecule has 1 aliphatic heterocycles. The van der Waals surface area contributed by atoms with Crippen molar-refractivity contribution >= 4 is 5.97 Å². The molecule has 1 aliphatic rings. The molecule has 3 N–H and O–H groups in total. The fourth-order valence-corrected chi connectivity index (χ4v) is 4.77. The Morgan fingerprint density at radius 1 is 0.842 bits per heavy atom. The van der Waals surface area contributed by atoms with Gasteiger partial charge in [-0.1, -0.05) is 60.7 Å². The number of ether oxygens (including phenoxy) is 2. The average molecular weight is 515 g/mol. The number of nitrogens with zero attached hydrogens (tertiary/aromatic N) is 2. The fourth-order valence-electron chi connectivity index (χ4n) is 4.77. The van der Waals surface area contributed by atoms with Crippen molar-refractivity contribution in [3.05, 3.63) is 114 Å². The second-order valence-electron chi connectivity index (χ2n) is 9.35. The Morgan fingerprint density at radius 3 is 2.26 bits per heavy atom. The van der Waals surface area contributed by atoms with E-state index in [1.165, 1.54) is 4.57 Å². The van der Waals surface area contributed by atoms with Gasteiger partial charge in [-0.2, -0.15) is 0 Å². The van der Waals surface area contributed by atoms with E-state index in [0.717, 1.165) is 22.6 Å². The van der Waals surface area contributed by atoms with Gasteiger partial charge in [-0.25, -0.2) is 9.78 Å². The molecule has 5 rings (SSSR count). The molecule has 0 amide bonds. The Bertz CT molecular complexity index is 1360. The molecule has 0 saturated carbocycles. The first-order valence-electron chi connectivity index (χ1n) is 12.6. The number of hydrogen-bond donors (Lipinski definition) is 3. The van der Waals surface area contributed by atoms with Crippen molar-refractivity contribution in [3.8, 4) is 11.5 Å². The SMILES string of the molecule is O=C(O)[C@@H]1[C@@H](OCCc2ccccc2)[C@H](O)[C@@H](O)c2nc(CCc3cccc(Oc4ccccc4)c3)cn21. The molecule has 8 heteroatoms. The molecule has 0 saturated heterocycles. The van der Waals surface area contributed by atoms with Crippen LogP contribution in [0.1, 0.15) is 34.8 Å². The summed E-state index contributed by atoms with van der Waals surface area (Å²) in [7, 11) is 0. The summed E-state index contributed by atoms with van der Waals surface area (Å²) in [5, 5.41) is 31.5. The normalized spacial score (nSPS) is 20.6. The lowest BCUT2D eigenvalue weighted by atomic mass is 9.95. The van der Waals surface area contributed by atoms with Gasteiger partial charge in [-0.15, -0.1) is 0 Å². The summed E-state index contributed by atoms with van der Waals surface area (Å²) in [6, 6.07) is 25.7. The van der Waals surface area contributed by atoms with Crippen LogP contribution in [0.15, 0.2) is 91.1 Å². The molecule has 0 fully saturated rings. The summed E-state index contributed by atoms with van der Waals surface area (Å²) >= 11 is 0. The minimum absolute atomic E-state index is 0.129. The van der Waals surface area contributed by atoms with Crippen LogP contribution in [0.3, 0.4) is 0 Å². The van der Waals surface area contributed by atoms with E-state index in [1.807, 2.05) is 84.9 Å². The first-order valence-corrected chi connectivity index (χ1v) is 12.6. The summed E-state index contributed by atoms with van der Waals surface area (Å²) in [4.78, 5) is 16.7. The fraction of sp³-hybridized carbons (Fsp3) is 0.267. The van der Waals surface area contributed by atoms with Crippen LogP contribution in [-0.2, 0) is 28.8 Å². The van der Waals surface area contributed by atoms with Crippen LogP contribution in [0, 0.1) is 0 Å². The predicted octanol–water partition coefficient (Wildman–Crippen LogP) is 4.12. The van der Waals surface area contributed by atoms with Crippen molar-refractivity contribution in [3.63, 3.8) is 0 Å². The number of fused-ring (bicyclic) bond motifs is 1. The van der Waals surface area contributed by atoms with E-state index in [9.17, 15) is 20.1 Å². The van der Waals surface area contributed by atoms with Gasteiger partial charge >= 0.3 is 5.97 Å². The third-order valence-electron chi connectivity index (χ3n) is 6.69. The number of aryl methyl sites for hydroxylation is 2. The summed E-state index contributed by atoms with van der Waals surface area (Å²) < 4.78 is 13.2. The zero-order chi connectivity index (χ0) is 26.5. The maximum Gasteiger partial charge on any atom is 0.329 e. The Hall–Kier alpha value is -3.98. The highest BCUT2D eigenvalue weighted by molar-refractivity contribution is 5.73. The molecule has 4 atom stereocenters. The summed E-state index contributed by atoms with van der Waals surface area (Å²) in [6.07, 6.45) is -0.542. The number of aromatic nitrogens is 2. The molecule has 196 valence electrons. The Kier molecular flexibility index (Phi) is 7.83. The lowest BCUT2D eigenvalue weighted by molar-refractivity contribution is -0.164. The smallest absolute Gasteiger partial charge is 0.329 e. The number of imidazole rings is 1. The molecular formula is C30H30N2O6. The van der Waals surface area contributed by atoms with Crippen molar-refractivity contribution < 1.29 is 29.6 Å². The third kappa shape index (κ3) is 5.78. The number of rotatable bonds is 10. The Morgan fingerprint density at radius 2 is 1.53 bits per heavy atom. The number of benzene rings is 3. The summed E-state index contributed by atoms with van der Waals surface area (Å²) in [6.45, 7) is 0.209. The quantitative estimate of drug-likeness (QED) is 0.292. The zero-order valence-electron chi connectivity index (χ0n) is 20.8. The molecule has 0 unspecified atom stereocenters. The first kappa shape index (κ1) is 25.7. The topological polar surface area (TPSA) is 114 Å². The van der Waals surface area contributed by atoms with Crippen LogP contribution >= 0.6 is 0 Å². The van der Waals surface area contributed by atoms with Gasteiger partial charge in [-0.05, 0) is 54.7 Å². The van der Waals surface area contributed by atoms with E-state index >= 15 is 0 Å². The number of hydrogen-bond acceptors (Lipinski definition) is 6. The molecule has 0 aliphatic carbocycles. The predicted molar refractivity (Wildman–Crippen MR) is 140 cm³/mol. The van der Waals surface area contributed by atoms with Crippen molar-refractivity contribution in [1.82, 2.24) is 9.55 Å². The standard InChI is InChI=1S/C30H30N2O6/c33-26-27(34)29-31-22(15-14-21-10-7-13-24(18-21)38-23-11-5-2-6-12-23)19-32(29)25(30(35)36)28(26)37-17-16-20-8-3-1-4-9-20/h1-13,18-19,25-28,33-34H,14-17H2,(H,35,36)/t25-,26+,27+,28+/m0/s1. The molecule has 3 aromatic carbocycles. The van der Waals surface area contributed by atoms with Crippen LogP contribution in [0.4, 0.5) is 0 Å². The number of carbonyl (C=O) groups is 1. The van der Waals surface area contributed by atoms with E-state index in [-0.39, 0.29) is 12.4 Å². The largest absolute Gasteiger partial charge is 0.480 e. The van der Waals surface area contributed by atoms with Gasteiger partial charge in [0.05, 0.1) is 12.3 Å². The Labute approximate surface area is 220 Å². The van der Waals surface area contributed by atoms with Gasteiger partial charge in [0.15, 0.2) is 6.04 Å². The van der Waals surface area contributed by atoms with Crippen LogP contribution in [0.25, 0.3) is 0 Å². The average Bonchev–Trinajstić information content (AvgIpc) is 3.35.